The Labute approximate surface area is 161 Å². The topological polar surface area (TPSA) is 116 Å². The molecule has 1 heterocycles. The third-order valence-corrected chi connectivity index (χ3v) is 6.21. The molecule has 1 saturated heterocycles. The average Bonchev–Trinajstić information content (AvgIpc) is 2.65. The van der Waals surface area contributed by atoms with Crippen LogP contribution >= 0.6 is 0 Å². The third-order valence-electron chi connectivity index (χ3n) is 5.08. The quantitative estimate of drug-likeness (QED) is 0.514. The van der Waals surface area contributed by atoms with E-state index in [1.807, 2.05) is 0 Å². The average molecular weight is 399 g/mol. The first-order chi connectivity index (χ1) is 12.8. The van der Waals surface area contributed by atoms with Crippen molar-refractivity contribution in [2.24, 2.45) is 5.92 Å². The number of carbonyl (C=O) groups excluding carboxylic acids is 1. The predicted molar refractivity (Wildman–Crippen MR) is 103 cm³/mol. The Hall–Kier alpha value is -1.48. The summed E-state index contributed by atoms with van der Waals surface area (Å²) in [5.74, 6) is 0.273. The lowest BCUT2D eigenvalue weighted by Gasteiger charge is -2.31. The molecule has 0 aromatic heterocycles. The van der Waals surface area contributed by atoms with Gasteiger partial charge in [0.15, 0.2) is 9.84 Å². The van der Waals surface area contributed by atoms with Gasteiger partial charge in [-0.05, 0) is 43.0 Å². The zero-order valence-electron chi connectivity index (χ0n) is 15.9. The fraction of sp³-hybridized carbons (Fsp3) is 0.632. The first kappa shape index (κ1) is 21.8. The van der Waals surface area contributed by atoms with Crippen molar-refractivity contribution in [2.75, 3.05) is 19.4 Å². The summed E-state index contributed by atoms with van der Waals surface area (Å²) in [6.07, 6.45) is 3.94. The number of amides is 1. The summed E-state index contributed by atoms with van der Waals surface area (Å²) in [6.45, 7) is 2.48. The molecule has 152 valence electrons. The van der Waals surface area contributed by atoms with E-state index in [0.29, 0.717) is 11.5 Å². The lowest BCUT2D eigenvalue weighted by Crippen LogP contribution is -2.53. The number of hydrogen-bond acceptors (Lipinski definition) is 6. The van der Waals surface area contributed by atoms with Gasteiger partial charge in [0.05, 0.1) is 23.6 Å². The number of hydrogen-bond donors (Lipinski definition) is 4. The van der Waals surface area contributed by atoms with Gasteiger partial charge in [-0.2, -0.15) is 0 Å². The van der Waals surface area contributed by atoms with E-state index in [1.54, 1.807) is 0 Å². The van der Waals surface area contributed by atoms with Crippen molar-refractivity contribution < 1.29 is 23.4 Å². The second-order valence-electron chi connectivity index (χ2n) is 7.27. The number of aliphatic hydroxyl groups is 2. The van der Waals surface area contributed by atoms with Crippen molar-refractivity contribution in [3.8, 4) is 0 Å². The molecule has 0 radical (unpaired) electrons. The van der Waals surface area contributed by atoms with Crippen LogP contribution in [0.4, 0.5) is 0 Å². The maximum atomic E-state index is 12.6. The molecule has 1 aliphatic rings. The van der Waals surface area contributed by atoms with Crippen molar-refractivity contribution >= 4 is 15.7 Å². The number of sulfone groups is 1. The molecule has 1 aliphatic heterocycles. The van der Waals surface area contributed by atoms with Gasteiger partial charge in [-0.25, -0.2) is 8.42 Å². The summed E-state index contributed by atoms with van der Waals surface area (Å²) >= 11 is 0. The van der Waals surface area contributed by atoms with Gasteiger partial charge in [0.25, 0.3) is 0 Å². The van der Waals surface area contributed by atoms with Crippen LogP contribution in [-0.4, -0.2) is 56.0 Å². The molecule has 0 unspecified atom stereocenters. The monoisotopic (exact) mass is 398 g/mol. The summed E-state index contributed by atoms with van der Waals surface area (Å²) in [7, 11) is -3.32. The lowest BCUT2D eigenvalue weighted by atomic mass is 9.88. The van der Waals surface area contributed by atoms with Crippen molar-refractivity contribution in [2.45, 2.75) is 55.7 Å². The second-order valence-corrected chi connectivity index (χ2v) is 9.29. The maximum absolute atomic E-state index is 12.6. The highest BCUT2D eigenvalue weighted by atomic mass is 32.2. The molecule has 0 bridgehead atoms. The van der Waals surface area contributed by atoms with Crippen molar-refractivity contribution in [3.63, 3.8) is 0 Å². The van der Waals surface area contributed by atoms with Crippen molar-refractivity contribution in [3.05, 3.63) is 29.8 Å². The summed E-state index contributed by atoms with van der Waals surface area (Å²) in [5, 5.41) is 26.1. The Kier molecular flexibility index (Phi) is 7.79. The SMILES string of the molecule is CCC[C@H]1CCN[C@@H](C(=O)N[C@@H](CO)[C@@H](O)c2ccc(S(C)(=O)=O)cc2)C1. The van der Waals surface area contributed by atoms with Gasteiger partial charge in [0, 0.05) is 6.26 Å². The van der Waals surface area contributed by atoms with E-state index in [4.69, 9.17) is 0 Å². The van der Waals surface area contributed by atoms with E-state index in [9.17, 15) is 23.4 Å². The van der Waals surface area contributed by atoms with Crippen LogP contribution in [0.25, 0.3) is 0 Å². The lowest BCUT2D eigenvalue weighted by molar-refractivity contribution is -0.126. The molecule has 2 rings (SSSR count). The number of carbonyl (C=O) groups is 1. The summed E-state index contributed by atoms with van der Waals surface area (Å²) in [4.78, 5) is 12.7. The van der Waals surface area contributed by atoms with Crippen LogP contribution in [-0.2, 0) is 14.6 Å². The third kappa shape index (κ3) is 6.00. The van der Waals surface area contributed by atoms with Gasteiger partial charge in [0.1, 0.15) is 6.10 Å². The molecule has 8 heteroatoms. The Bertz CT molecular complexity index is 718. The van der Waals surface area contributed by atoms with E-state index >= 15 is 0 Å². The molecule has 0 spiro atoms. The van der Waals surface area contributed by atoms with Gasteiger partial charge in [-0.1, -0.05) is 31.9 Å². The van der Waals surface area contributed by atoms with Gasteiger partial charge in [0.2, 0.25) is 5.91 Å². The van der Waals surface area contributed by atoms with Crippen LogP contribution in [0.1, 0.15) is 44.3 Å². The molecule has 1 aromatic rings. The molecular formula is C19H30N2O5S. The standard InChI is InChI=1S/C19H30N2O5S/c1-3-4-13-9-10-20-16(11-13)19(24)21-17(12-22)18(23)14-5-7-15(8-6-14)27(2,25)26/h5-8,13,16-18,20,22-23H,3-4,9-12H2,1-2H3,(H,21,24)/t13-,16+,17-,18-/m0/s1. The van der Waals surface area contributed by atoms with Crippen molar-refractivity contribution in [1.82, 2.24) is 10.6 Å². The van der Waals surface area contributed by atoms with Crippen LogP contribution in [0.3, 0.4) is 0 Å². The van der Waals surface area contributed by atoms with Crippen LogP contribution in [0.5, 0.6) is 0 Å². The molecule has 1 fully saturated rings. The zero-order valence-corrected chi connectivity index (χ0v) is 16.7. The molecule has 27 heavy (non-hydrogen) atoms. The minimum Gasteiger partial charge on any atom is -0.394 e. The smallest absolute Gasteiger partial charge is 0.237 e. The Morgan fingerprint density at radius 2 is 2.00 bits per heavy atom. The molecule has 0 saturated carbocycles. The molecule has 7 nitrogen and oxygen atoms in total. The fourth-order valence-electron chi connectivity index (χ4n) is 3.52. The number of piperidine rings is 1. The Morgan fingerprint density at radius 3 is 2.56 bits per heavy atom. The first-order valence-electron chi connectivity index (χ1n) is 9.39. The maximum Gasteiger partial charge on any atom is 0.237 e. The van der Waals surface area contributed by atoms with Crippen LogP contribution in [0.2, 0.25) is 0 Å². The molecular weight excluding hydrogens is 368 g/mol. The van der Waals surface area contributed by atoms with Gasteiger partial charge < -0.3 is 20.8 Å². The highest BCUT2D eigenvalue weighted by molar-refractivity contribution is 7.90. The largest absolute Gasteiger partial charge is 0.394 e. The van der Waals surface area contributed by atoms with E-state index in [1.165, 1.54) is 24.3 Å². The van der Waals surface area contributed by atoms with Crippen LogP contribution in [0, 0.1) is 5.92 Å². The number of rotatable bonds is 8. The van der Waals surface area contributed by atoms with Gasteiger partial charge >= 0.3 is 0 Å². The highest BCUT2D eigenvalue weighted by Crippen LogP contribution is 2.23. The van der Waals surface area contributed by atoms with E-state index < -0.39 is 28.6 Å². The summed E-state index contributed by atoms with van der Waals surface area (Å²) in [6, 6.07) is 4.60. The predicted octanol–water partition coefficient (Wildman–Crippen LogP) is 0.769. The van der Waals surface area contributed by atoms with E-state index in [2.05, 4.69) is 17.6 Å². The minimum absolute atomic E-state index is 0.149. The van der Waals surface area contributed by atoms with E-state index in [0.717, 1.165) is 38.5 Å². The van der Waals surface area contributed by atoms with Crippen LogP contribution < -0.4 is 10.6 Å². The van der Waals surface area contributed by atoms with Gasteiger partial charge in [-0.3, -0.25) is 4.79 Å². The molecule has 0 aliphatic carbocycles. The number of benzene rings is 1. The highest BCUT2D eigenvalue weighted by Gasteiger charge is 2.30. The summed E-state index contributed by atoms with van der Waals surface area (Å²) < 4.78 is 23.1. The normalized spacial score (nSPS) is 22.8. The molecule has 4 N–H and O–H groups in total. The van der Waals surface area contributed by atoms with Crippen molar-refractivity contribution in [1.29, 1.82) is 0 Å². The Morgan fingerprint density at radius 1 is 1.33 bits per heavy atom. The number of nitrogens with one attached hydrogen (secondary N) is 2. The Balaban J connectivity index is 2.02. The minimum atomic E-state index is -3.32. The summed E-state index contributed by atoms with van der Waals surface area (Å²) in [5.41, 5.74) is 0.433. The van der Waals surface area contributed by atoms with Gasteiger partial charge in [-0.15, -0.1) is 0 Å². The fourth-order valence-corrected chi connectivity index (χ4v) is 4.15. The van der Waals surface area contributed by atoms with E-state index in [-0.39, 0.29) is 16.8 Å². The van der Waals surface area contributed by atoms with Crippen LogP contribution in [0.15, 0.2) is 29.2 Å². The molecule has 4 atom stereocenters. The first-order valence-corrected chi connectivity index (χ1v) is 11.3. The second kappa shape index (κ2) is 9.64. The number of aliphatic hydroxyl groups excluding tert-OH is 2. The molecule has 1 amide bonds. The molecule has 1 aromatic carbocycles. The zero-order chi connectivity index (χ0) is 20.0.